The fraction of sp³-hybridized carbons (Fsp3) is 0.417. The molecule has 0 aliphatic heterocycles. The molecule has 1 rings (SSSR count). The summed E-state index contributed by atoms with van der Waals surface area (Å²) in [6, 6.07) is 0.770. The molecule has 1 heterocycles. The molecule has 5 nitrogen and oxygen atoms in total. The molecule has 3 N–H and O–H groups in total. The van der Waals surface area contributed by atoms with Gasteiger partial charge in [0, 0.05) is 24.2 Å². The first-order valence-corrected chi connectivity index (χ1v) is 9.96. The van der Waals surface area contributed by atoms with Gasteiger partial charge >= 0.3 is 0 Å². The molecule has 0 radical (unpaired) electrons. The van der Waals surface area contributed by atoms with Crippen molar-refractivity contribution in [3.63, 3.8) is 0 Å². The number of amides is 1. The molecule has 0 aromatic carbocycles. The minimum absolute atomic E-state index is 0.0474. The van der Waals surface area contributed by atoms with Crippen LogP contribution in [0.5, 0.6) is 0 Å². The van der Waals surface area contributed by atoms with Crippen molar-refractivity contribution in [2.24, 2.45) is 5.41 Å². The third kappa shape index (κ3) is 8.12. The number of nitrogens with zero attached hydrogens (tertiary/aromatic N) is 1. The first-order chi connectivity index (χ1) is 14.0. The van der Waals surface area contributed by atoms with E-state index in [0.29, 0.717) is 17.8 Å². The zero-order valence-corrected chi connectivity index (χ0v) is 18.8. The number of anilines is 2. The predicted molar refractivity (Wildman–Crippen MR) is 124 cm³/mol. The highest BCUT2D eigenvalue weighted by atomic mass is 19.1. The van der Waals surface area contributed by atoms with Crippen LogP contribution in [-0.4, -0.2) is 23.0 Å². The first-order valence-electron chi connectivity index (χ1n) is 9.96. The van der Waals surface area contributed by atoms with Crippen molar-refractivity contribution in [3.8, 4) is 12.3 Å². The topological polar surface area (TPSA) is 66.0 Å². The Labute approximate surface area is 179 Å². The van der Waals surface area contributed by atoms with Crippen LogP contribution in [0.2, 0.25) is 0 Å². The van der Waals surface area contributed by atoms with E-state index in [2.05, 4.69) is 33.4 Å². The standard InChI is InChI=1S/C24H33FN4O/c1-9-12-13-19(11-3)28-22-18(10-2)14-20(25)23(29-22)27-17(5)16(4)26-21(30)15-24(6,7)8/h2,9,11-14,16-17H,1,15H2,3-8H3,(H,26,30)(H2,27,28,29)/b13-12-,19-11+. The first kappa shape index (κ1) is 25.0. The summed E-state index contributed by atoms with van der Waals surface area (Å²) in [4.78, 5) is 16.5. The van der Waals surface area contributed by atoms with Gasteiger partial charge in [0.05, 0.1) is 5.56 Å². The molecule has 0 saturated heterocycles. The van der Waals surface area contributed by atoms with Crippen molar-refractivity contribution in [3.05, 3.63) is 54.0 Å². The molecule has 0 spiro atoms. The number of carbonyl (C=O) groups excluding carboxylic acids is 1. The minimum Gasteiger partial charge on any atom is -0.363 e. The number of terminal acetylenes is 1. The van der Waals surface area contributed by atoms with E-state index >= 15 is 0 Å². The van der Waals surface area contributed by atoms with Crippen LogP contribution in [0.15, 0.2) is 42.6 Å². The van der Waals surface area contributed by atoms with E-state index in [-0.39, 0.29) is 29.2 Å². The molecule has 2 atom stereocenters. The lowest BCUT2D eigenvalue weighted by atomic mass is 9.92. The van der Waals surface area contributed by atoms with Crippen LogP contribution in [-0.2, 0) is 4.79 Å². The number of carbonyl (C=O) groups is 1. The Hall–Kier alpha value is -3.07. The summed E-state index contributed by atoms with van der Waals surface area (Å²) in [5.41, 5.74) is 0.945. The van der Waals surface area contributed by atoms with Gasteiger partial charge in [-0.15, -0.1) is 6.42 Å². The Morgan fingerprint density at radius 3 is 2.53 bits per heavy atom. The second kappa shape index (κ2) is 11.2. The summed E-state index contributed by atoms with van der Waals surface area (Å²) in [6.45, 7) is 15.2. The normalized spacial score (nSPS) is 14.0. The van der Waals surface area contributed by atoms with E-state index in [1.54, 1.807) is 18.2 Å². The van der Waals surface area contributed by atoms with Gasteiger partial charge in [-0.05, 0) is 38.3 Å². The second-order valence-electron chi connectivity index (χ2n) is 8.35. The van der Waals surface area contributed by atoms with Gasteiger partial charge in [0.2, 0.25) is 5.91 Å². The molecule has 2 unspecified atom stereocenters. The van der Waals surface area contributed by atoms with Crippen molar-refractivity contribution < 1.29 is 9.18 Å². The molecule has 0 saturated carbocycles. The quantitative estimate of drug-likeness (QED) is 0.394. The lowest BCUT2D eigenvalue weighted by molar-refractivity contribution is -0.123. The monoisotopic (exact) mass is 412 g/mol. The molecule has 30 heavy (non-hydrogen) atoms. The van der Waals surface area contributed by atoms with Gasteiger partial charge in [0.15, 0.2) is 11.6 Å². The van der Waals surface area contributed by atoms with Crippen LogP contribution in [0.25, 0.3) is 0 Å². The van der Waals surface area contributed by atoms with Gasteiger partial charge in [0.1, 0.15) is 5.82 Å². The average Bonchev–Trinajstić information content (AvgIpc) is 2.65. The third-order valence-corrected chi connectivity index (χ3v) is 4.31. The Balaban J connectivity index is 3.01. The molecule has 1 aromatic rings. The van der Waals surface area contributed by atoms with Crippen LogP contribution < -0.4 is 16.0 Å². The lowest BCUT2D eigenvalue weighted by Crippen LogP contribution is -2.44. The maximum atomic E-state index is 14.6. The van der Waals surface area contributed by atoms with E-state index in [1.165, 1.54) is 6.07 Å². The third-order valence-electron chi connectivity index (χ3n) is 4.31. The highest BCUT2D eigenvalue weighted by Gasteiger charge is 2.21. The Bertz CT molecular complexity index is 859. The maximum Gasteiger partial charge on any atom is 0.220 e. The highest BCUT2D eigenvalue weighted by molar-refractivity contribution is 5.77. The van der Waals surface area contributed by atoms with Gasteiger partial charge in [-0.3, -0.25) is 4.79 Å². The smallest absolute Gasteiger partial charge is 0.220 e. The van der Waals surface area contributed by atoms with E-state index in [4.69, 9.17) is 6.42 Å². The number of hydrogen-bond acceptors (Lipinski definition) is 4. The number of halogens is 1. The predicted octanol–water partition coefficient (Wildman–Crippen LogP) is 5.00. The molecule has 0 fully saturated rings. The summed E-state index contributed by atoms with van der Waals surface area (Å²) in [5.74, 6) is 2.27. The summed E-state index contributed by atoms with van der Waals surface area (Å²) in [5, 5.41) is 9.10. The molecule has 0 aliphatic carbocycles. The van der Waals surface area contributed by atoms with Crippen molar-refractivity contribution in [1.29, 1.82) is 0 Å². The van der Waals surface area contributed by atoms with Crippen LogP contribution in [0.4, 0.5) is 16.0 Å². The minimum atomic E-state index is -0.558. The van der Waals surface area contributed by atoms with Gasteiger partial charge in [0.25, 0.3) is 0 Å². The zero-order chi connectivity index (χ0) is 22.9. The van der Waals surface area contributed by atoms with E-state index in [9.17, 15) is 9.18 Å². The largest absolute Gasteiger partial charge is 0.363 e. The fourth-order valence-corrected chi connectivity index (χ4v) is 2.57. The molecule has 1 aromatic heterocycles. The molecule has 6 heteroatoms. The number of pyridine rings is 1. The SMILES string of the molecule is C#Cc1cc(F)c(NC(C)C(C)NC(=O)CC(C)(C)C)nc1NC(/C=C\C=C)=C/C. The second-order valence-corrected chi connectivity index (χ2v) is 8.35. The van der Waals surface area contributed by atoms with Gasteiger partial charge in [-0.2, -0.15) is 0 Å². The molecular weight excluding hydrogens is 379 g/mol. The van der Waals surface area contributed by atoms with E-state index in [0.717, 1.165) is 5.70 Å². The lowest BCUT2D eigenvalue weighted by Gasteiger charge is -2.25. The molecule has 1 amide bonds. The fourth-order valence-electron chi connectivity index (χ4n) is 2.57. The molecular formula is C24H33FN4O. The van der Waals surface area contributed by atoms with Crippen LogP contribution in [0, 0.1) is 23.6 Å². The Morgan fingerprint density at radius 1 is 1.33 bits per heavy atom. The number of rotatable bonds is 9. The zero-order valence-electron chi connectivity index (χ0n) is 18.8. The van der Waals surface area contributed by atoms with Crippen LogP contribution in [0.3, 0.4) is 0 Å². The van der Waals surface area contributed by atoms with Crippen LogP contribution >= 0.6 is 0 Å². The highest BCUT2D eigenvalue weighted by Crippen LogP contribution is 2.23. The Morgan fingerprint density at radius 2 is 2.00 bits per heavy atom. The van der Waals surface area contributed by atoms with Crippen LogP contribution in [0.1, 0.15) is 53.5 Å². The average molecular weight is 413 g/mol. The molecule has 0 aliphatic rings. The number of nitrogens with one attached hydrogen (secondary N) is 3. The Kier molecular flexibility index (Phi) is 9.32. The van der Waals surface area contributed by atoms with Crippen molar-refractivity contribution in [2.45, 2.75) is 60.0 Å². The summed E-state index contributed by atoms with van der Waals surface area (Å²) >= 11 is 0. The summed E-state index contributed by atoms with van der Waals surface area (Å²) < 4.78 is 14.6. The molecule has 162 valence electrons. The number of allylic oxidation sites excluding steroid dienone is 4. The van der Waals surface area contributed by atoms with Crippen molar-refractivity contribution in [2.75, 3.05) is 10.6 Å². The van der Waals surface area contributed by atoms with E-state index < -0.39 is 5.82 Å². The van der Waals surface area contributed by atoms with E-state index in [1.807, 2.05) is 47.6 Å². The van der Waals surface area contributed by atoms with Gasteiger partial charge < -0.3 is 16.0 Å². The molecule has 0 bridgehead atoms. The summed E-state index contributed by atoms with van der Waals surface area (Å²) in [6.07, 6.45) is 13.0. The maximum absolute atomic E-state index is 14.6. The van der Waals surface area contributed by atoms with Gasteiger partial charge in [-0.25, -0.2) is 9.37 Å². The van der Waals surface area contributed by atoms with Gasteiger partial charge in [-0.1, -0.05) is 51.5 Å². The van der Waals surface area contributed by atoms with Crippen molar-refractivity contribution >= 4 is 17.5 Å². The summed E-state index contributed by atoms with van der Waals surface area (Å²) in [7, 11) is 0. The number of aromatic nitrogens is 1. The number of hydrogen-bond donors (Lipinski definition) is 3. The van der Waals surface area contributed by atoms with Crippen molar-refractivity contribution in [1.82, 2.24) is 10.3 Å².